The molecule has 104 valence electrons. The largest absolute Gasteiger partial charge is 0.454 e. The van der Waals surface area contributed by atoms with Gasteiger partial charge in [-0.15, -0.1) is 0 Å². The number of hydrogen-bond donors (Lipinski definition) is 1. The van der Waals surface area contributed by atoms with Crippen molar-refractivity contribution < 1.29 is 18.8 Å². The average molecular weight is 275 g/mol. The summed E-state index contributed by atoms with van der Waals surface area (Å²) in [7, 11) is 0. The van der Waals surface area contributed by atoms with E-state index < -0.39 is 0 Å². The summed E-state index contributed by atoms with van der Waals surface area (Å²) in [5, 5.41) is 6.56. The van der Waals surface area contributed by atoms with Crippen molar-refractivity contribution in [2.24, 2.45) is 0 Å². The molecule has 0 atom stereocenters. The van der Waals surface area contributed by atoms with Crippen molar-refractivity contribution in [3.05, 3.63) is 24.1 Å². The number of amides is 1. The topological polar surface area (TPSA) is 86.5 Å². The Morgan fingerprint density at radius 2 is 2.20 bits per heavy atom. The van der Waals surface area contributed by atoms with Crippen molar-refractivity contribution in [3.8, 4) is 22.9 Å². The van der Waals surface area contributed by atoms with Crippen molar-refractivity contribution in [1.82, 2.24) is 15.5 Å². The van der Waals surface area contributed by atoms with Crippen LogP contribution in [0.15, 0.2) is 22.7 Å². The number of benzene rings is 1. The fourth-order valence-corrected chi connectivity index (χ4v) is 1.78. The van der Waals surface area contributed by atoms with Crippen LogP contribution in [0.4, 0.5) is 0 Å². The van der Waals surface area contributed by atoms with Crippen molar-refractivity contribution in [2.45, 2.75) is 19.9 Å². The molecule has 0 aliphatic carbocycles. The molecule has 0 fully saturated rings. The summed E-state index contributed by atoms with van der Waals surface area (Å²) >= 11 is 0. The minimum atomic E-state index is -0.0622. The van der Waals surface area contributed by atoms with E-state index in [1.165, 1.54) is 0 Å². The Morgan fingerprint density at radius 1 is 1.35 bits per heavy atom. The van der Waals surface area contributed by atoms with E-state index in [-0.39, 0.29) is 19.2 Å². The number of fused-ring (bicyclic) bond motifs is 1. The number of carbonyl (C=O) groups excluding carboxylic acids is 1. The van der Waals surface area contributed by atoms with Crippen molar-refractivity contribution >= 4 is 5.91 Å². The van der Waals surface area contributed by atoms with Crippen LogP contribution >= 0.6 is 0 Å². The number of nitrogens with zero attached hydrogens (tertiary/aromatic N) is 2. The van der Waals surface area contributed by atoms with Gasteiger partial charge in [-0.2, -0.15) is 4.98 Å². The van der Waals surface area contributed by atoms with Gasteiger partial charge in [0, 0.05) is 12.0 Å². The van der Waals surface area contributed by atoms with Crippen LogP contribution in [-0.4, -0.2) is 22.8 Å². The molecule has 20 heavy (non-hydrogen) atoms. The second kappa shape index (κ2) is 5.20. The zero-order chi connectivity index (χ0) is 13.9. The van der Waals surface area contributed by atoms with Crippen LogP contribution < -0.4 is 14.8 Å². The van der Waals surface area contributed by atoms with Crippen LogP contribution in [0.5, 0.6) is 11.5 Å². The molecule has 1 aromatic carbocycles. The molecule has 7 heteroatoms. The van der Waals surface area contributed by atoms with Crippen LogP contribution in [0.2, 0.25) is 0 Å². The maximum absolute atomic E-state index is 11.2. The predicted octanol–water partition coefficient (Wildman–Crippen LogP) is 1.49. The number of nitrogens with one attached hydrogen (secondary N) is 1. The van der Waals surface area contributed by atoms with Crippen LogP contribution in [0, 0.1) is 0 Å². The van der Waals surface area contributed by atoms with Gasteiger partial charge >= 0.3 is 0 Å². The van der Waals surface area contributed by atoms with E-state index in [1.54, 1.807) is 19.1 Å². The SMILES string of the molecule is CCC(=O)NCc1nc(-c2ccc3c(c2)OCO3)no1. The van der Waals surface area contributed by atoms with Gasteiger partial charge in [-0.3, -0.25) is 4.79 Å². The van der Waals surface area contributed by atoms with Crippen LogP contribution in [0.1, 0.15) is 19.2 Å². The molecular formula is C13H13N3O4. The highest BCUT2D eigenvalue weighted by Gasteiger charge is 2.16. The fourth-order valence-electron chi connectivity index (χ4n) is 1.78. The third-order valence-corrected chi connectivity index (χ3v) is 2.86. The molecule has 7 nitrogen and oxygen atoms in total. The van der Waals surface area contributed by atoms with E-state index >= 15 is 0 Å². The van der Waals surface area contributed by atoms with Gasteiger partial charge in [0.25, 0.3) is 0 Å². The van der Waals surface area contributed by atoms with Gasteiger partial charge in [0.2, 0.25) is 24.4 Å². The lowest BCUT2D eigenvalue weighted by atomic mass is 10.2. The third-order valence-electron chi connectivity index (χ3n) is 2.86. The Balaban J connectivity index is 1.74. The fraction of sp³-hybridized carbons (Fsp3) is 0.308. The normalized spacial score (nSPS) is 12.4. The average Bonchev–Trinajstić information content (AvgIpc) is 3.12. The lowest BCUT2D eigenvalue weighted by Gasteiger charge is -1.98. The summed E-state index contributed by atoms with van der Waals surface area (Å²) in [5.74, 6) is 2.11. The van der Waals surface area contributed by atoms with E-state index in [0.29, 0.717) is 29.6 Å². The highest BCUT2D eigenvalue weighted by atomic mass is 16.7. The molecule has 1 amide bonds. The van der Waals surface area contributed by atoms with Gasteiger partial charge < -0.3 is 19.3 Å². The minimum absolute atomic E-state index is 0.0622. The maximum atomic E-state index is 11.2. The van der Waals surface area contributed by atoms with Crippen LogP contribution in [0.25, 0.3) is 11.4 Å². The molecule has 0 bridgehead atoms. The molecule has 0 spiro atoms. The van der Waals surface area contributed by atoms with E-state index in [1.807, 2.05) is 6.07 Å². The standard InChI is InChI=1S/C13H13N3O4/c1-2-11(17)14-6-12-15-13(16-20-12)8-3-4-9-10(5-8)19-7-18-9/h3-5H,2,6-7H2,1H3,(H,14,17). The van der Waals surface area contributed by atoms with Gasteiger partial charge in [-0.05, 0) is 18.2 Å². The van der Waals surface area contributed by atoms with Gasteiger partial charge in [0.1, 0.15) is 0 Å². The highest BCUT2D eigenvalue weighted by Crippen LogP contribution is 2.35. The Labute approximate surface area is 114 Å². The first kappa shape index (κ1) is 12.5. The number of hydrogen-bond acceptors (Lipinski definition) is 6. The summed E-state index contributed by atoms with van der Waals surface area (Å²) in [5.41, 5.74) is 0.770. The van der Waals surface area contributed by atoms with Gasteiger partial charge in [0.05, 0.1) is 6.54 Å². The van der Waals surface area contributed by atoms with E-state index in [9.17, 15) is 4.79 Å². The summed E-state index contributed by atoms with van der Waals surface area (Å²) in [4.78, 5) is 15.4. The number of rotatable bonds is 4. The third kappa shape index (κ3) is 2.42. The van der Waals surface area contributed by atoms with Gasteiger partial charge in [-0.25, -0.2) is 0 Å². The summed E-state index contributed by atoms with van der Waals surface area (Å²) in [6.45, 7) is 2.23. The van der Waals surface area contributed by atoms with E-state index in [0.717, 1.165) is 5.56 Å². The quantitative estimate of drug-likeness (QED) is 0.909. The highest BCUT2D eigenvalue weighted by molar-refractivity contribution is 5.75. The molecule has 2 heterocycles. The lowest BCUT2D eigenvalue weighted by Crippen LogP contribution is -2.21. The molecule has 1 aliphatic heterocycles. The van der Waals surface area contributed by atoms with Crippen molar-refractivity contribution in [2.75, 3.05) is 6.79 Å². The number of aromatic nitrogens is 2. The predicted molar refractivity (Wildman–Crippen MR) is 68.0 cm³/mol. The molecular weight excluding hydrogens is 262 g/mol. The smallest absolute Gasteiger partial charge is 0.246 e. The molecule has 1 aromatic heterocycles. The van der Waals surface area contributed by atoms with Crippen molar-refractivity contribution in [3.63, 3.8) is 0 Å². The first-order valence-corrected chi connectivity index (χ1v) is 6.25. The Hall–Kier alpha value is -2.57. The summed E-state index contributed by atoms with van der Waals surface area (Å²) < 4.78 is 15.6. The molecule has 0 saturated heterocycles. The summed E-state index contributed by atoms with van der Waals surface area (Å²) in [6.07, 6.45) is 0.420. The van der Waals surface area contributed by atoms with Gasteiger partial charge in [-0.1, -0.05) is 12.1 Å². The lowest BCUT2D eigenvalue weighted by molar-refractivity contribution is -0.121. The van der Waals surface area contributed by atoms with Gasteiger partial charge in [0.15, 0.2) is 11.5 Å². The molecule has 0 saturated carbocycles. The zero-order valence-electron chi connectivity index (χ0n) is 10.9. The molecule has 1 N–H and O–H groups in total. The minimum Gasteiger partial charge on any atom is -0.454 e. The first-order valence-electron chi connectivity index (χ1n) is 6.25. The number of carbonyl (C=O) groups is 1. The molecule has 1 aliphatic rings. The summed E-state index contributed by atoms with van der Waals surface area (Å²) in [6, 6.07) is 5.42. The second-order valence-electron chi connectivity index (χ2n) is 4.21. The Kier molecular flexibility index (Phi) is 3.24. The second-order valence-corrected chi connectivity index (χ2v) is 4.21. The van der Waals surface area contributed by atoms with Crippen LogP contribution in [-0.2, 0) is 11.3 Å². The molecule has 0 unspecified atom stereocenters. The Bertz CT molecular complexity index is 638. The zero-order valence-corrected chi connectivity index (χ0v) is 10.9. The first-order chi connectivity index (χ1) is 9.76. The molecule has 0 radical (unpaired) electrons. The monoisotopic (exact) mass is 275 g/mol. The molecule has 3 rings (SSSR count). The van der Waals surface area contributed by atoms with E-state index in [2.05, 4.69) is 15.5 Å². The maximum Gasteiger partial charge on any atom is 0.246 e. The van der Waals surface area contributed by atoms with Crippen molar-refractivity contribution in [1.29, 1.82) is 0 Å². The number of ether oxygens (including phenoxy) is 2. The van der Waals surface area contributed by atoms with E-state index in [4.69, 9.17) is 14.0 Å². The molecule has 2 aromatic rings. The van der Waals surface area contributed by atoms with Crippen LogP contribution in [0.3, 0.4) is 0 Å². The Morgan fingerprint density at radius 3 is 3.05 bits per heavy atom.